The zero-order valence-corrected chi connectivity index (χ0v) is 18.8. The summed E-state index contributed by atoms with van der Waals surface area (Å²) in [6, 6.07) is 4.70. The first-order valence-corrected chi connectivity index (χ1v) is 13.0. The summed E-state index contributed by atoms with van der Waals surface area (Å²) in [5.41, 5.74) is 0. The molecule has 1 N–H and O–H groups in total. The van der Waals surface area contributed by atoms with Gasteiger partial charge in [-0.3, -0.25) is 4.79 Å². The third kappa shape index (κ3) is 4.56. The molecule has 0 radical (unpaired) electrons. The minimum absolute atomic E-state index is 0.147. The molecule has 0 saturated carbocycles. The van der Waals surface area contributed by atoms with Gasteiger partial charge in [0.1, 0.15) is 0 Å². The van der Waals surface area contributed by atoms with Crippen LogP contribution in [0.15, 0.2) is 28.3 Å². The van der Waals surface area contributed by atoms with Crippen molar-refractivity contribution >= 4 is 44.4 Å². The number of rotatable bonds is 5. The van der Waals surface area contributed by atoms with E-state index in [0.717, 1.165) is 18.0 Å². The maximum absolute atomic E-state index is 13.1. The molecule has 3 heterocycles. The van der Waals surface area contributed by atoms with Gasteiger partial charge in [0.2, 0.25) is 26.2 Å². The van der Waals surface area contributed by atoms with Crippen molar-refractivity contribution in [2.24, 2.45) is 5.92 Å². The van der Waals surface area contributed by atoms with Crippen molar-refractivity contribution in [2.75, 3.05) is 37.9 Å². The molecule has 0 unspecified atom stereocenters. The van der Waals surface area contributed by atoms with Gasteiger partial charge in [-0.2, -0.15) is 13.7 Å². The maximum Gasteiger partial charge on any atom is 0.243 e. The number of aromatic nitrogens is 2. The average molecular weight is 471 g/mol. The number of nitrogens with one attached hydrogen (secondary N) is 1. The van der Waals surface area contributed by atoms with Gasteiger partial charge >= 0.3 is 0 Å². The number of nitrogens with zero attached hydrogens (tertiary/aromatic N) is 3. The summed E-state index contributed by atoms with van der Waals surface area (Å²) in [5.74, 6) is 0.598. The monoisotopic (exact) mass is 470 g/mol. The number of thioether (sulfide) groups is 1. The predicted molar refractivity (Wildman–Crippen MR) is 114 cm³/mol. The zero-order valence-electron chi connectivity index (χ0n) is 16.4. The van der Waals surface area contributed by atoms with Crippen LogP contribution in [0.3, 0.4) is 0 Å². The van der Waals surface area contributed by atoms with Crippen LogP contribution in [0.1, 0.15) is 19.3 Å². The number of ether oxygens (including phenoxy) is 2. The molecule has 12 heteroatoms. The molecule has 4 rings (SSSR count). The fourth-order valence-corrected chi connectivity index (χ4v) is 5.98. The van der Waals surface area contributed by atoms with E-state index in [2.05, 4.69) is 14.7 Å². The molecule has 1 fully saturated rings. The van der Waals surface area contributed by atoms with Crippen molar-refractivity contribution < 1.29 is 22.7 Å². The lowest BCUT2D eigenvalue weighted by Gasteiger charge is -2.30. The third-order valence-corrected chi connectivity index (χ3v) is 8.19. The van der Waals surface area contributed by atoms with Crippen LogP contribution < -0.4 is 14.8 Å². The molecule has 9 nitrogen and oxygen atoms in total. The number of anilines is 1. The SMILES string of the molecule is CSc1nsc(NC(=O)C2CCN(S(=O)(=O)c3ccc4c(c3)OCCCO4)CC2)n1. The molecule has 162 valence electrons. The van der Waals surface area contributed by atoms with Crippen LogP contribution in [0.4, 0.5) is 5.13 Å². The molecule has 2 aliphatic heterocycles. The molecule has 1 amide bonds. The Hall–Kier alpha value is -1.89. The normalized spacial score (nSPS) is 18.0. The van der Waals surface area contributed by atoms with Crippen LogP contribution in [0.5, 0.6) is 11.5 Å². The quantitative estimate of drug-likeness (QED) is 0.664. The van der Waals surface area contributed by atoms with Crippen LogP contribution in [0, 0.1) is 5.92 Å². The van der Waals surface area contributed by atoms with Gasteiger partial charge in [-0.1, -0.05) is 11.8 Å². The lowest BCUT2D eigenvalue weighted by molar-refractivity contribution is -0.120. The van der Waals surface area contributed by atoms with E-state index in [1.165, 1.54) is 22.1 Å². The number of carbonyl (C=O) groups excluding carboxylic acids is 1. The third-order valence-electron chi connectivity index (χ3n) is 5.00. The van der Waals surface area contributed by atoms with Crippen molar-refractivity contribution in [3.05, 3.63) is 18.2 Å². The minimum atomic E-state index is -3.67. The highest BCUT2D eigenvalue weighted by molar-refractivity contribution is 7.98. The number of carbonyl (C=O) groups is 1. The summed E-state index contributed by atoms with van der Waals surface area (Å²) >= 11 is 2.55. The Balaban J connectivity index is 1.39. The lowest BCUT2D eigenvalue weighted by atomic mass is 9.97. The fraction of sp³-hybridized carbons (Fsp3) is 0.500. The van der Waals surface area contributed by atoms with E-state index in [1.807, 2.05) is 6.26 Å². The van der Waals surface area contributed by atoms with Crippen LogP contribution in [0.2, 0.25) is 0 Å². The molecular weight excluding hydrogens is 448 g/mol. The second-order valence-corrected chi connectivity index (χ2v) is 10.4. The Morgan fingerprint density at radius 2 is 1.97 bits per heavy atom. The molecule has 30 heavy (non-hydrogen) atoms. The number of amides is 1. The van der Waals surface area contributed by atoms with E-state index in [-0.39, 0.29) is 29.8 Å². The highest BCUT2D eigenvalue weighted by atomic mass is 32.2. The van der Waals surface area contributed by atoms with Crippen LogP contribution in [0.25, 0.3) is 0 Å². The van der Waals surface area contributed by atoms with Crippen molar-refractivity contribution in [1.82, 2.24) is 13.7 Å². The van der Waals surface area contributed by atoms with Gasteiger partial charge in [-0.05, 0) is 31.2 Å². The molecule has 0 aliphatic carbocycles. The Morgan fingerprint density at radius 3 is 2.67 bits per heavy atom. The number of hydrogen-bond donors (Lipinski definition) is 1. The van der Waals surface area contributed by atoms with Gasteiger partial charge < -0.3 is 14.8 Å². The predicted octanol–water partition coefficient (Wildman–Crippen LogP) is 2.46. The lowest BCUT2D eigenvalue weighted by Crippen LogP contribution is -2.41. The van der Waals surface area contributed by atoms with Gasteiger partial charge in [-0.25, -0.2) is 8.42 Å². The Labute approximate surface area is 183 Å². The summed E-state index contributed by atoms with van der Waals surface area (Å²) in [4.78, 5) is 16.9. The van der Waals surface area contributed by atoms with E-state index in [9.17, 15) is 13.2 Å². The Bertz CT molecular complexity index is 1020. The van der Waals surface area contributed by atoms with E-state index < -0.39 is 10.0 Å². The van der Waals surface area contributed by atoms with Crippen LogP contribution in [-0.4, -0.2) is 60.5 Å². The zero-order chi connectivity index (χ0) is 21.1. The number of piperidine rings is 1. The smallest absolute Gasteiger partial charge is 0.243 e. The summed E-state index contributed by atoms with van der Waals surface area (Å²) in [5, 5.41) is 3.87. The first kappa shape index (κ1) is 21.3. The van der Waals surface area contributed by atoms with E-state index in [1.54, 1.807) is 12.1 Å². The van der Waals surface area contributed by atoms with Crippen molar-refractivity contribution in [3.8, 4) is 11.5 Å². The first-order chi connectivity index (χ1) is 14.5. The van der Waals surface area contributed by atoms with E-state index in [4.69, 9.17) is 9.47 Å². The van der Waals surface area contributed by atoms with Gasteiger partial charge in [0.05, 0.1) is 18.1 Å². The van der Waals surface area contributed by atoms with Gasteiger partial charge in [0.25, 0.3) is 0 Å². The second-order valence-electron chi connectivity index (χ2n) is 6.91. The van der Waals surface area contributed by atoms with Crippen molar-refractivity contribution in [2.45, 2.75) is 29.3 Å². The van der Waals surface area contributed by atoms with Gasteiger partial charge in [0.15, 0.2) is 11.5 Å². The first-order valence-electron chi connectivity index (χ1n) is 9.56. The number of sulfonamides is 1. The molecule has 0 spiro atoms. The molecule has 1 aromatic carbocycles. The van der Waals surface area contributed by atoms with Gasteiger partial charge in [0, 0.05) is 43.0 Å². The number of fused-ring (bicyclic) bond motifs is 1. The Morgan fingerprint density at radius 1 is 1.23 bits per heavy atom. The Kier molecular flexibility index (Phi) is 6.46. The fourth-order valence-electron chi connectivity index (χ4n) is 3.36. The topological polar surface area (TPSA) is 111 Å². The molecule has 1 aromatic heterocycles. The molecule has 0 bridgehead atoms. The van der Waals surface area contributed by atoms with Gasteiger partial charge in [-0.15, -0.1) is 0 Å². The highest BCUT2D eigenvalue weighted by Crippen LogP contribution is 2.34. The van der Waals surface area contributed by atoms with Crippen LogP contribution in [-0.2, 0) is 14.8 Å². The highest BCUT2D eigenvalue weighted by Gasteiger charge is 2.33. The summed E-state index contributed by atoms with van der Waals surface area (Å²) < 4.78 is 42.9. The van der Waals surface area contributed by atoms with Crippen LogP contribution >= 0.6 is 23.3 Å². The number of benzene rings is 1. The standard InChI is InChI=1S/C18H22N4O5S3/c1-28-18-20-17(29-21-18)19-16(23)12-5-7-22(8-6-12)30(24,25)13-3-4-14-15(11-13)27-10-2-9-26-14/h3-4,11-12H,2,5-10H2,1H3,(H,19,20,21,23). The molecular formula is C18H22N4O5S3. The van der Waals surface area contributed by atoms with E-state index in [0.29, 0.717) is 47.8 Å². The maximum atomic E-state index is 13.1. The second kappa shape index (κ2) is 9.08. The molecule has 2 aromatic rings. The number of hydrogen-bond acceptors (Lipinski definition) is 9. The van der Waals surface area contributed by atoms with E-state index >= 15 is 0 Å². The summed E-state index contributed by atoms with van der Waals surface area (Å²) in [6.07, 6.45) is 3.52. The molecule has 0 atom stereocenters. The summed E-state index contributed by atoms with van der Waals surface area (Å²) in [6.45, 7) is 1.59. The van der Waals surface area contributed by atoms with Crippen molar-refractivity contribution in [1.29, 1.82) is 0 Å². The largest absolute Gasteiger partial charge is 0.490 e. The molecule has 1 saturated heterocycles. The summed E-state index contributed by atoms with van der Waals surface area (Å²) in [7, 11) is -3.67. The average Bonchev–Trinajstić information content (AvgIpc) is 3.08. The minimum Gasteiger partial charge on any atom is -0.490 e. The molecule has 2 aliphatic rings. The van der Waals surface area contributed by atoms with Crippen molar-refractivity contribution in [3.63, 3.8) is 0 Å².